The summed E-state index contributed by atoms with van der Waals surface area (Å²) in [5, 5.41) is 15.0. The second-order valence-electron chi connectivity index (χ2n) is 6.41. The zero-order chi connectivity index (χ0) is 16.5. The number of anilines is 3. The van der Waals surface area contributed by atoms with Gasteiger partial charge in [-0.05, 0) is 38.1 Å². The van der Waals surface area contributed by atoms with Gasteiger partial charge in [-0.25, -0.2) is 4.98 Å². The van der Waals surface area contributed by atoms with E-state index in [1.807, 2.05) is 24.4 Å². The number of nitrogens with one attached hydrogen (secondary N) is 3. The summed E-state index contributed by atoms with van der Waals surface area (Å²) in [6, 6.07) is 8.81. The molecule has 3 aromatic rings. The Bertz CT molecular complexity index is 834. The molecule has 2 unspecified atom stereocenters. The van der Waals surface area contributed by atoms with Gasteiger partial charge in [-0.2, -0.15) is 10.1 Å². The predicted octanol–water partition coefficient (Wildman–Crippen LogP) is 2.28. The third-order valence-electron chi connectivity index (χ3n) is 4.20. The number of hydrogen-bond acceptors (Lipinski definition) is 6. The first-order valence-corrected chi connectivity index (χ1v) is 8.21. The van der Waals surface area contributed by atoms with Crippen LogP contribution in [0.25, 0.3) is 10.9 Å². The number of nitrogens with zero attached hydrogens (tertiary/aromatic N) is 4. The first-order chi connectivity index (χ1) is 11.7. The van der Waals surface area contributed by atoms with Crippen LogP contribution >= 0.6 is 0 Å². The number of fused-ring (bicyclic) bond motifs is 1. The molecule has 2 atom stereocenters. The molecule has 1 fully saturated rings. The van der Waals surface area contributed by atoms with Crippen molar-refractivity contribution in [1.29, 1.82) is 0 Å². The van der Waals surface area contributed by atoms with Crippen LogP contribution in [0.2, 0.25) is 0 Å². The third-order valence-corrected chi connectivity index (χ3v) is 4.20. The Morgan fingerprint density at radius 1 is 1.17 bits per heavy atom. The molecular weight excluding hydrogens is 302 g/mol. The lowest BCUT2D eigenvalue weighted by Gasteiger charge is -2.36. The topological polar surface area (TPSA) is 81.8 Å². The maximum atomic E-state index is 4.68. The van der Waals surface area contributed by atoms with Crippen LogP contribution in [0.3, 0.4) is 0 Å². The lowest BCUT2D eigenvalue weighted by molar-refractivity contribution is 0.403. The summed E-state index contributed by atoms with van der Waals surface area (Å²) in [7, 11) is 0. The molecule has 0 amide bonds. The molecule has 7 nitrogen and oxygen atoms in total. The minimum absolute atomic E-state index is 0.428. The van der Waals surface area contributed by atoms with Gasteiger partial charge in [0.05, 0.1) is 11.7 Å². The molecule has 0 saturated carbocycles. The van der Waals surface area contributed by atoms with E-state index in [-0.39, 0.29) is 0 Å². The minimum Gasteiger partial charge on any atom is -0.340 e. The summed E-state index contributed by atoms with van der Waals surface area (Å²) in [5.74, 6) is 1.56. The first-order valence-electron chi connectivity index (χ1n) is 8.21. The van der Waals surface area contributed by atoms with Gasteiger partial charge in [-0.1, -0.05) is 0 Å². The zero-order valence-corrected chi connectivity index (χ0v) is 13.8. The molecule has 1 saturated heterocycles. The van der Waals surface area contributed by atoms with Crippen LogP contribution < -0.4 is 15.5 Å². The summed E-state index contributed by atoms with van der Waals surface area (Å²) < 4.78 is 0. The van der Waals surface area contributed by atoms with E-state index in [0.29, 0.717) is 12.1 Å². The van der Waals surface area contributed by atoms with Crippen molar-refractivity contribution in [1.82, 2.24) is 25.5 Å². The molecule has 4 rings (SSSR count). The van der Waals surface area contributed by atoms with E-state index in [1.54, 1.807) is 6.20 Å². The maximum Gasteiger partial charge on any atom is 0.227 e. The average molecular weight is 323 g/mol. The molecule has 3 N–H and O–H groups in total. The fourth-order valence-corrected chi connectivity index (χ4v) is 3.23. The Kier molecular flexibility index (Phi) is 3.78. The molecule has 1 aliphatic rings. The van der Waals surface area contributed by atoms with Crippen LogP contribution in [0.1, 0.15) is 13.8 Å². The van der Waals surface area contributed by atoms with Crippen LogP contribution in [0.15, 0.2) is 36.7 Å². The summed E-state index contributed by atoms with van der Waals surface area (Å²) >= 11 is 0. The highest BCUT2D eigenvalue weighted by atomic mass is 15.3. The molecule has 2 aromatic heterocycles. The highest BCUT2D eigenvalue weighted by Gasteiger charge is 2.22. The molecule has 7 heteroatoms. The second-order valence-corrected chi connectivity index (χ2v) is 6.41. The van der Waals surface area contributed by atoms with Gasteiger partial charge in [0.15, 0.2) is 0 Å². The molecular formula is C17H21N7. The van der Waals surface area contributed by atoms with Crippen molar-refractivity contribution in [3.8, 4) is 0 Å². The van der Waals surface area contributed by atoms with Crippen LogP contribution in [-0.4, -0.2) is 45.3 Å². The van der Waals surface area contributed by atoms with Crippen molar-refractivity contribution in [2.24, 2.45) is 0 Å². The van der Waals surface area contributed by atoms with E-state index in [2.05, 4.69) is 55.6 Å². The molecule has 1 aliphatic heterocycles. The van der Waals surface area contributed by atoms with Gasteiger partial charge in [0.1, 0.15) is 5.82 Å². The Hall–Kier alpha value is -2.67. The summed E-state index contributed by atoms with van der Waals surface area (Å²) in [6.07, 6.45) is 3.62. The van der Waals surface area contributed by atoms with Crippen molar-refractivity contribution in [2.75, 3.05) is 23.3 Å². The average Bonchev–Trinajstić information content (AvgIpc) is 3.02. The summed E-state index contributed by atoms with van der Waals surface area (Å²) in [5.41, 5.74) is 2.00. The van der Waals surface area contributed by atoms with E-state index in [9.17, 15) is 0 Å². The predicted molar refractivity (Wildman–Crippen MR) is 95.7 cm³/mol. The van der Waals surface area contributed by atoms with Gasteiger partial charge in [-0.15, -0.1) is 0 Å². The lowest BCUT2D eigenvalue weighted by Crippen LogP contribution is -2.54. The summed E-state index contributed by atoms with van der Waals surface area (Å²) in [4.78, 5) is 11.4. The number of H-pyrrole nitrogens is 1. The van der Waals surface area contributed by atoms with E-state index in [0.717, 1.165) is 41.4 Å². The van der Waals surface area contributed by atoms with Gasteiger partial charge in [-0.3, -0.25) is 5.10 Å². The van der Waals surface area contributed by atoms with Crippen molar-refractivity contribution in [3.63, 3.8) is 0 Å². The van der Waals surface area contributed by atoms with E-state index in [4.69, 9.17) is 0 Å². The first kappa shape index (κ1) is 14.9. The molecule has 24 heavy (non-hydrogen) atoms. The number of aromatic nitrogens is 4. The molecule has 124 valence electrons. The van der Waals surface area contributed by atoms with Gasteiger partial charge >= 0.3 is 0 Å². The fraction of sp³-hybridized carbons (Fsp3) is 0.353. The SMILES string of the molecule is CC1CN(c2nccc(Nc3ccc4[nH]ncc4c3)n2)CC(C)N1. The maximum absolute atomic E-state index is 4.68. The fourth-order valence-electron chi connectivity index (χ4n) is 3.23. The number of rotatable bonds is 3. The number of benzene rings is 1. The van der Waals surface area contributed by atoms with Gasteiger partial charge in [0, 0.05) is 42.4 Å². The molecule has 0 radical (unpaired) electrons. The monoisotopic (exact) mass is 323 g/mol. The molecule has 1 aromatic carbocycles. The Morgan fingerprint density at radius 3 is 2.83 bits per heavy atom. The number of hydrogen-bond donors (Lipinski definition) is 3. The second kappa shape index (κ2) is 6.09. The smallest absolute Gasteiger partial charge is 0.227 e. The van der Waals surface area contributed by atoms with Crippen LogP contribution in [0, 0.1) is 0 Å². The van der Waals surface area contributed by atoms with E-state index in [1.165, 1.54) is 0 Å². The van der Waals surface area contributed by atoms with Crippen molar-refractivity contribution < 1.29 is 0 Å². The van der Waals surface area contributed by atoms with Gasteiger partial charge in [0.25, 0.3) is 0 Å². The van der Waals surface area contributed by atoms with E-state index < -0.39 is 0 Å². The molecule has 0 aliphatic carbocycles. The van der Waals surface area contributed by atoms with Crippen LogP contribution in [0.4, 0.5) is 17.5 Å². The third kappa shape index (κ3) is 3.03. The Labute approximate surface area is 140 Å². The standard InChI is InChI=1S/C17H21N7/c1-11-9-24(10-12(2)20-11)17-18-6-5-16(22-17)21-14-3-4-15-13(7-14)8-19-23-15/h3-8,11-12,20H,9-10H2,1-2H3,(H,19,23)(H,18,21,22). The van der Waals surface area contributed by atoms with Crippen LogP contribution in [0.5, 0.6) is 0 Å². The van der Waals surface area contributed by atoms with Crippen molar-refractivity contribution in [2.45, 2.75) is 25.9 Å². The molecule has 3 heterocycles. The summed E-state index contributed by atoms with van der Waals surface area (Å²) in [6.45, 7) is 6.19. The van der Waals surface area contributed by atoms with Gasteiger partial charge in [0.2, 0.25) is 5.95 Å². The van der Waals surface area contributed by atoms with Crippen LogP contribution in [-0.2, 0) is 0 Å². The lowest BCUT2D eigenvalue weighted by atomic mass is 10.1. The Morgan fingerprint density at radius 2 is 2.00 bits per heavy atom. The molecule has 0 bridgehead atoms. The van der Waals surface area contributed by atoms with Crippen molar-refractivity contribution in [3.05, 3.63) is 36.7 Å². The van der Waals surface area contributed by atoms with Gasteiger partial charge < -0.3 is 15.5 Å². The highest BCUT2D eigenvalue weighted by Crippen LogP contribution is 2.21. The van der Waals surface area contributed by atoms with E-state index >= 15 is 0 Å². The highest BCUT2D eigenvalue weighted by molar-refractivity contribution is 5.82. The minimum atomic E-state index is 0.428. The number of piperazine rings is 1. The molecule has 0 spiro atoms. The zero-order valence-electron chi connectivity index (χ0n) is 13.8. The van der Waals surface area contributed by atoms with Crippen molar-refractivity contribution >= 4 is 28.4 Å². The normalized spacial score (nSPS) is 21.2. The number of aromatic amines is 1. The Balaban J connectivity index is 1.55. The largest absolute Gasteiger partial charge is 0.340 e. The quantitative estimate of drug-likeness (QED) is 0.686.